The molecule has 0 aromatic rings. The number of hydrogen-bond donors (Lipinski definition) is 0. The number of rotatable bonds is 9. The van der Waals surface area contributed by atoms with Crippen molar-refractivity contribution in [2.75, 3.05) is 26.3 Å². The van der Waals surface area contributed by atoms with E-state index < -0.39 is 6.09 Å². The fourth-order valence-corrected chi connectivity index (χ4v) is 1.59. The summed E-state index contributed by atoms with van der Waals surface area (Å²) < 4.78 is 10.3. The normalized spacial score (nSPS) is 11.1. The van der Waals surface area contributed by atoms with E-state index in [1.54, 1.807) is 0 Å². The Labute approximate surface area is 129 Å². The van der Waals surface area contributed by atoms with Crippen LogP contribution in [0.15, 0.2) is 0 Å². The molecule has 0 rings (SSSR count). The van der Waals surface area contributed by atoms with Crippen LogP contribution in [0.1, 0.15) is 60.3 Å². The van der Waals surface area contributed by atoms with Crippen molar-refractivity contribution in [3.8, 4) is 0 Å². The van der Waals surface area contributed by atoms with Gasteiger partial charge in [-0.25, -0.2) is 4.79 Å². The van der Waals surface area contributed by atoms with Crippen molar-refractivity contribution < 1.29 is 19.1 Å². The molecule has 5 nitrogen and oxygen atoms in total. The molecule has 0 spiro atoms. The molecule has 0 atom stereocenters. The van der Waals surface area contributed by atoms with E-state index in [4.69, 9.17) is 9.47 Å². The highest BCUT2D eigenvalue weighted by Crippen LogP contribution is 2.13. The van der Waals surface area contributed by atoms with Crippen LogP contribution in [0.25, 0.3) is 0 Å². The molecule has 1 amide bonds. The van der Waals surface area contributed by atoms with Crippen LogP contribution in [0.4, 0.5) is 4.79 Å². The minimum absolute atomic E-state index is 0.0484. The van der Waals surface area contributed by atoms with Crippen LogP contribution in [0.5, 0.6) is 0 Å². The van der Waals surface area contributed by atoms with E-state index in [1.165, 1.54) is 4.90 Å². The van der Waals surface area contributed by atoms with E-state index in [9.17, 15) is 9.59 Å². The summed E-state index contributed by atoms with van der Waals surface area (Å²) in [6, 6.07) is 0. The predicted octanol–water partition coefficient (Wildman–Crippen LogP) is 3.61. The minimum atomic E-state index is -0.463. The molecule has 0 saturated carbocycles. The molecule has 0 saturated heterocycles. The first-order valence-electron chi connectivity index (χ1n) is 7.87. The first kappa shape index (κ1) is 19.7. The summed E-state index contributed by atoms with van der Waals surface area (Å²) in [5.41, 5.74) is -0.0884. The molecule has 5 heteroatoms. The van der Waals surface area contributed by atoms with Crippen LogP contribution in [0, 0.1) is 5.41 Å². The Hall–Kier alpha value is -1.26. The topological polar surface area (TPSA) is 55.8 Å². The van der Waals surface area contributed by atoms with Crippen molar-refractivity contribution in [2.45, 2.75) is 60.3 Å². The first-order valence-corrected chi connectivity index (χ1v) is 7.87. The van der Waals surface area contributed by atoms with E-state index in [1.807, 2.05) is 27.7 Å². The lowest BCUT2D eigenvalue weighted by Gasteiger charge is -2.23. The molecule has 124 valence electrons. The van der Waals surface area contributed by atoms with Gasteiger partial charge in [-0.2, -0.15) is 0 Å². The molecule has 0 fully saturated rings. The Balaban J connectivity index is 4.00. The fourth-order valence-electron chi connectivity index (χ4n) is 1.59. The summed E-state index contributed by atoms with van der Waals surface area (Å²) in [6.45, 7) is 11.0. The lowest BCUT2D eigenvalue weighted by atomic mass is 9.99. The number of unbranched alkanes of at least 4 members (excludes halogenated alkanes) is 3. The molecular weight excluding hydrogens is 270 g/mol. The van der Waals surface area contributed by atoms with Gasteiger partial charge in [-0.3, -0.25) is 9.69 Å². The number of amides is 1. The van der Waals surface area contributed by atoms with Gasteiger partial charge in [-0.1, -0.05) is 47.0 Å². The molecular formula is C16H31NO4. The Morgan fingerprint density at radius 1 is 1.00 bits per heavy atom. The van der Waals surface area contributed by atoms with Gasteiger partial charge in [0.1, 0.15) is 6.54 Å². The van der Waals surface area contributed by atoms with Crippen LogP contribution < -0.4 is 0 Å². The van der Waals surface area contributed by atoms with E-state index in [-0.39, 0.29) is 17.9 Å². The van der Waals surface area contributed by atoms with Gasteiger partial charge in [0.2, 0.25) is 0 Å². The third-order valence-corrected chi connectivity index (χ3v) is 2.85. The smallest absolute Gasteiger partial charge is 0.410 e. The maximum absolute atomic E-state index is 11.9. The first-order chi connectivity index (χ1) is 9.80. The van der Waals surface area contributed by atoms with Crippen molar-refractivity contribution in [1.82, 2.24) is 4.90 Å². The van der Waals surface area contributed by atoms with Crippen molar-refractivity contribution in [3.05, 3.63) is 0 Å². The molecule has 0 bridgehead atoms. The van der Waals surface area contributed by atoms with Crippen LogP contribution in [-0.4, -0.2) is 43.3 Å². The Morgan fingerprint density at radius 2 is 1.67 bits per heavy atom. The summed E-state index contributed by atoms with van der Waals surface area (Å²) in [4.78, 5) is 24.9. The highest BCUT2D eigenvalue weighted by atomic mass is 16.6. The van der Waals surface area contributed by atoms with Crippen LogP contribution in [0.3, 0.4) is 0 Å². The summed E-state index contributed by atoms with van der Waals surface area (Å²) in [7, 11) is 0. The maximum atomic E-state index is 11.9. The average molecular weight is 301 g/mol. The van der Waals surface area contributed by atoms with Gasteiger partial charge in [0.15, 0.2) is 0 Å². The monoisotopic (exact) mass is 301 g/mol. The molecule has 0 aliphatic rings. The Morgan fingerprint density at radius 3 is 2.19 bits per heavy atom. The van der Waals surface area contributed by atoms with Crippen LogP contribution in [0.2, 0.25) is 0 Å². The van der Waals surface area contributed by atoms with Crippen LogP contribution in [-0.2, 0) is 14.3 Å². The molecule has 0 aromatic carbocycles. The van der Waals surface area contributed by atoms with E-state index >= 15 is 0 Å². The minimum Gasteiger partial charge on any atom is -0.464 e. The predicted molar refractivity (Wildman–Crippen MR) is 83.2 cm³/mol. The van der Waals surface area contributed by atoms with Gasteiger partial charge in [0, 0.05) is 6.54 Å². The fraction of sp³-hybridized carbons (Fsp3) is 0.875. The second kappa shape index (κ2) is 10.5. The molecule has 0 N–H and O–H groups in total. The number of nitrogens with zero attached hydrogens (tertiary/aromatic N) is 1. The van der Waals surface area contributed by atoms with Gasteiger partial charge in [0.05, 0.1) is 13.2 Å². The molecule has 21 heavy (non-hydrogen) atoms. The number of carbonyl (C=O) groups excluding carboxylic acids is 2. The summed E-state index contributed by atoms with van der Waals surface area (Å²) in [6.07, 6.45) is 3.78. The van der Waals surface area contributed by atoms with Crippen molar-refractivity contribution >= 4 is 12.1 Å². The van der Waals surface area contributed by atoms with Crippen LogP contribution >= 0.6 is 0 Å². The Kier molecular flexibility index (Phi) is 9.84. The zero-order valence-corrected chi connectivity index (χ0v) is 14.2. The van der Waals surface area contributed by atoms with Gasteiger partial charge in [-0.15, -0.1) is 0 Å². The number of esters is 1. The van der Waals surface area contributed by atoms with Crippen molar-refractivity contribution in [3.63, 3.8) is 0 Å². The lowest BCUT2D eigenvalue weighted by molar-refractivity contribution is -0.144. The van der Waals surface area contributed by atoms with Crippen molar-refractivity contribution in [2.24, 2.45) is 5.41 Å². The number of ether oxygens (including phenoxy) is 2. The van der Waals surface area contributed by atoms with E-state index in [0.29, 0.717) is 19.8 Å². The average Bonchev–Trinajstić information content (AvgIpc) is 2.41. The molecule has 0 unspecified atom stereocenters. The maximum Gasteiger partial charge on any atom is 0.410 e. The molecule has 0 aliphatic carbocycles. The van der Waals surface area contributed by atoms with Gasteiger partial charge in [-0.05, 0) is 18.8 Å². The highest BCUT2D eigenvalue weighted by molar-refractivity contribution is 5.78. The quantitative estimate of drug-likeness (QED) is 0.482. The number of hydrogen-bond acceptors (Lipinski definition) is 4. The molecule has 0 aromatic heterocycles. The third kappa shape index (κ3) is 11.1. The Bertz CT molecular complexity index is 310. The zero-order chi connectivity index (χ0) is 16.3. The number of likely N-dealkylation sites (N-methyl/N-ethyl adjacent to an activating group) is 1. The zero-order valence-electron chi connectivity index (χ0n) is 14.2. The summed E-state index contributed by atoms with van der Waals surface area (Å²) in [5, 5.41) is 0. The summed E-state index contributed by atoms with van der Waals surface area (Å²) >= 11 is 0. The van der Waals surface area contributed by atoms with Gasteiger partial charge >= 0.3 is 12.1 Å². The lowest BCUT2D eigenvalue weighted by Crippen LogP contribution is -2.38. The van der Waals surface area contributed by atoms with Gasteiger partial charge < -0.3 is 9.47 Å². The molecule has 0 aliphatic heterocycles. The van der Waals surface area contributed by atoms with E-state index in [0.717, 1.165) is 25.7 Å². The second-order valence-corrected chi connectivity index (χ2v) is 6.41. The van der Waals surface area contributed by atoms with Crippen molar-refractivity contribution in [1.29, 1.82) is 0 Å². The standard InChI is InChI=1S/C16H31NO4/c1-6-8-9-10-11-20-14(18)12-17(7-2)15(19)21-13-16(3,4)5/h6-13H2,1-5H3. The molecule has 0 heterocycles. The molecule has 0 radical (unpaired) electrons. The number of carbonyl (C=O) groups is 2. The SMILES string of the molecule is CCCCCCOC(=O)CN(CC)C(=O)OCC(C)(C)C. The third-order valence-electron chi connectivity index (χ3n) is 2.85. The van der Waals surface area contributed by atoms with E-state index in [2.05, 4.69) is 6.92 Å². The van der Waals surface area contributed by atoms with Gasteiger partial charge in [0.25, 0.3) is 0 Å². The highest BCUT2D eigenvalue weighted by Gasteiger charge is 2.20. The largest absolute Gasteiger partial charge is 0.464 e. The summed E-state index contributed by atoms with van der Waals surface area (Å²) in [5.74, 6) is -0.374. The second-order valence-electron chi connectivity index (χ2n) is 6.41.